The minimum Gasteiger partial charge on any atom is -0.478 e. The number of carboxylic acids is 1. The van der Waals surface area contributed by atoms with E-state index in [0.717, 1.165) is 23.9 Å². The van der Waals surface area contributed by atoms with E-state index in [1.165, 1.54) is 13.0 Å². The zero-order chi connectivity index (χ0) is 22.2. The van der Waals surface area contributed by atoms with Crippen LogP contribution in [0.5, 0.6) is 0 Å². The summed E-state index contributed by atoms with van der Waals surface area (Å²) in [4.78, 5) is 22.7. The van der Waals surface area contributed by atoms with E-state index < -0.39 is 41.6 Å². The number of benzene rings is 1. The highest BCUT2D eigenvalue weighted by molar-refractivity contribution is 8.13. The third-order valence-corrected chi connectivity index (χ3v) is 5.76. The van der Waals surface area contributed by atoms with E-state index in [4.69, 9.17) is 9.31 Å². The number of hydrogen-bond donors (Lipinski definition) is 1. The van der Waals surface area contributed by atoms with Gasteiger partial charge in [-0.1, -0.05) is 17.8 Å². The van der Waals surface area contributed by atoms with Gasteiger partial charge in [0, 0.05) is 12.7 Å². The monoisotopic (exact) mass is 430 g/mol. The van der Waals surface area contributed by atoms with Gasteiger partial charge in [0.1, 0.15) is 0 Å². The molecule has 1 saturated heterocycles. The van der Waals surface area contributed by atoms with Crippen LogP contribution < -0.4 is 0 Å². The Morgan fingerprint density at radius 2 is 1.69 bits per heavy atom. The molecule has 5 nitrogen and oxygen atoms in total. The Morgan fingerprint density at radius 1 is 1.14 bits per heavy atom. The summed E-state index contributed by atoms with van der Waals surface area (Å²) in [6.45, 7) is 8.69. The largest absolute Gasteiger partial charge is 0.491 e. The second-order valence-corrected chi connectivity index (χ2v) is 8.89. The molecule has 1 aliphatic heterocycles. The Labute approximate surface area is 171 Å². The molecule has 1 heterocycles. The van der Waals surface area contributed by atoms with E-state index in [2.05, 4.69) is 0 Å². The summed E-state index contributed by atoms with van der Waals surface area (Å²) in [5.41, 5.74) is -2.46. The standard InChI is InChI=1S/C19H22BF3O5S/c1-11(24)29-10-15(20-27-17(2,3)18(4,5)28-20)8-12-6-13(16(25)26)9-14(7-12)19(21,22)23/h6-9H,10H2,1-5H3,(H,25,26). The van der Waals surface area contributed by atoms with Gasteiger partial charge in [0.15, 0.2) is 5.12 Å². The minimum absolute atomic E-state index is 0.0334. The third kappa shape index (κ3) is 5.64. The maximum atomic E-state index is 13.2. The number of carbonyl (C=O) groups is 2. The van der Waals surface area contributed by atoms with Crippen LogP contribution in [0.4, 0.5) is 13.2 Å². The summed E-state index contributed by atoms with van der Waals surface area (Å²) in [7, 11) is -0.880. The molecule has 0 spiro atoms. The fourth-order valence-corrected chi connectivity index (χ4v) is 3.18. The van der Waals surface area contributed by atoms with Crippen molar-refractivity contribution in [3.05, 3.63) is 40.4 Å². The molecule has 1 aliphatic rings. The molecule has 158 valence electrons. The molecule has 0 atom stereocenters. The Balaban J connectivity index is 2.52. The summed E-state index contributed by atoms with van der Waals surface area (Å²) in [5, 5.41) is 8.99. The maximum absolute atomic E-state index is 13.2. The zero-order valence-corrected chi connectivity index (χ0v) is 17.5. The lowest BCUT2D eigenvalue weighted by atomic mass is 9.78. The Hall–Kier alpha value is -1.78. The first-order valence-corrected chi connectivity index (χ1v) is 9.76. The lowest BCUT2D eigenvalue weighted by molar-refractivity contribution is -0.137. The maximum Gasteiger partial charge on any atom is 0.491 e. The summed E-state index contributed by atoms with van der Waals surface area (Å²) in [5.74, 6) is -1.34. The second kappa shape index (κ2) is 8.16. The van der Waals surface area contributed by atoms with Crippen molar-refractivity contribution in [2.24, 2.45) is 0 Å². The molecule has 1 aromatic rings. The van der Waals surface area contributed by atoms with Crippen LogP contribution in [-0.2, 0) is 20.3 Å². The lowest BCUT2D eigenvalue weighted by Crippen LogP contribution is -2.41. The van der Waals surface area contributed by atoms with Crippen LogP contribution in [0.2, 0.25) is 0 Å². The highest BCUT2D eigenvalue weighted by Crippen LogP contribution is 2.39. The van der Waals surface area contributed by atoms with E-state index in [1.807, 2.05) is 27.7 Å². The fourth-order valence-electron chi connectivity index (χ4n) is 2.59. The molecule has 0 saturated carbocycles. The van der Waals surface area contributed by atoms with Crippen molar-refractivity contribution in [1.82, 2.24) is 0 Å². The molecule has 0 aliphatic carbocycles. The number of rotatable bonds is 5. The average Bonchev–Trinajstić information content (AvgIpc) is 2.77. The van der Waals surface area contributed by atoms with Crippen molar-refractivity contribution >= 4 is 36.0 Å². The number of alkyl halides is 3. The van der Waals surface area contributed by atoms with Crippen LogP contribution in [0.15, 0.2) is 23.7 Å². The number of carbonyl (C=O) groups excluding carboxylic acids is 1. The molecule has 0 radical (unpaired) electrons. The second-order valence-electron chi connectivity index (χ2n) is 7.73. The van der Waals surface area contributed by atoms with Crippen LogP contribution in [0.3, 0.4) is 0 Å². The number of hydrogen-bond acceptors (Lipinski definition) is 5. The van der Waals surface area contributed by atoms with E-state index in [-0.39, 0.29) is 16.4 Å². The molecule has 0 unspecified atom stereocenters. The van der Waals surface area contributed by atoms with Crippen LogP contribution in [-0.4, -0.2) is 40.3 Å². The molecule has 0 bridgehead atoms. The van der Waals surface area contributed by atoms with E-state index in [0.29, 0.717) is 11.5 Å². The first kappa shape index (κ1) is 23.5. The number of aromatic carboxylic acids is 1. The molecule has 0 amide bonds. The van der Waals surface area contributed by atoms with Crippen molar-refractivity contribution in [1.29, 1.82) is 0 Å². The van der Waals surface area contributed by atoms with Gasteiger partial charge in [-0.05, 0) is 56.9 Å². The van der Waals surface area contributed by atoms with Gasteiger partial charge in [-0.2, -0.15) is 13.2 Å². The number of halogens is 3. The smallest absolute Gasteiger partial charge is 0.478 e. The van der Waals surface area contributed by atoms with Gasteiger partial charge < -0.3 is 14.4 Å². The SMILES string of the molecule is CC(=O)SCC(=Cc1cc(C(=O)O)cc(C(F)(F)F)c1)B1OC(C)(C)C(C)(C)O1. The molecule has 10 heteroatoms. The molecule has 0 aromatic heterocycles. The van der Waals surface area contributed by atoms with Gasteiger partial charge in [-0.15, -0.1) is 0 Å². The first-order valence-electron chi connectivity index (χ1n) is 8.77. The Bertz CT molecular complexity index is 833. The van der Waals surface area contributed by atoms with Gasteiger partial charge in [0.25, 0.3) is 0 Å². The first-order chi connectivity index (χ1) is 13.1. The number of carboxylic acid groups (broad SMARTS) is 1. The van der Waals surface area contributed by atoms with Crippen molar-refractivity contribution in [3.63, 3.8) is 0 Å². The minimum atomic E-state index is -4.70. The fraction of sp³-hybridized carbons (Fsp3) is 0.474. The predicted octanol–water partition coefficient (Wildman–Crippen LogP) is 4.70. The van der Waals surface area contributed by atoms with E-state index >= 15 is 0 Å². The zero-order valence-electron chi connectivity index (χ0n) is 16.7. The predicted molar refractivity (Wildman–Crippen MR) is 106 cm³/mol. The lowest BCUT2D eigenvalue weighted by Gasteiger charge is -2.32. The summed E-state index contributed by atoms with van der Waals surface area (Å²) in [6.07, 6.45) is -3.31. The van der Waals surface area contributed by atoms with Gasteiger partial charge in [-0.3, -0.25) is 4.79 Å². The molecule has 2 rings (SSSR count). The molecule has 29 heavy (non-hydrogen) atoms. The Kier molecular flexibility index (Phi) is 6.61. The number of thioether (sulfide) groups is 1. The van der Waals surface area contributed by atoms with Crippen LogP contribution in [0.25, 0.3) is 6.08 Å². The Morgan fingerprint density at radius 3 is 2.14 bits per heavy atom. The topological polar surface area (TPSA) is 72.8 Å². The van der Waals surface area contributed by atoms with Crippen LogP contribution in [0.1, 0.15) is 56.1 Å². The van der Waals surface area contributed by atoms with Crippen molar-refractivity contribution in [3.8, 4) is 0 Å². The highest BCUT2D eigenvalue weighted by atomic mass is 32.2. The average molecular weight is 430 g/mol. The summed E-state index contributed by atoms with van der Waals surface area (Å²) in [6, 6.07) is 2.58. The van der Waals surface area contributed by atoms with Crippen molar-refractivity contribution in [2.45, 2.75) is 52.0 Å². The quantitative estimate of drug-likeness (QED) is 0.683. The van der Waals surface area contributed by atoms with E-state index in [1.54, 1.807) is 0 Å². The molecule has 1 aromatic carbocycles. The van der Waals surface area contributed by atoms with Gasteiger partial charge >= 0.3 is 19.3 Å². The molecular formula is C19H22BF3O5S. The van der Waals surface area contributed by atoms with Crippen molar-refractivity contribution < 1.29 is 37.2 Å². The van der Waals surface area contributed by atoms with Crippen LogP contribution in [0, 0.1) is 0 Å². The van der Waals surface area contributed by atoms with Gasteiger partial charge in [-0.25, -0.2) is 4.79 Å². The van der Waals surface area contributed by atoms with Gasteiger partial charge in [0.05, 0.1) is 22.3 Å². The third-order valence-electron chi connectivity index (χ3n) is 4.88. The molecule has 1 fully saturated rings. The van der Waals surface area contributed by atoms with E-state index in [9.17, 15) is 27.9 Å². The summed E-state index contributed by atoms with van der Waals surface area (Å²) < 4.78 is 51.5. The van der Waals surface area contributed by atoms with Crippen molar-refractivity contribution in [2.75, 3.05) is 5.75 Å². The molecule has 1 N–H and O–H groups in total. The van der Waals surface area contributed by atoms with Crippen LogP contribution >= 0.6 is 11.8 Å². The highest BCUT2D eigenvalue weighted by Gasteiger charge is 2.52. The van der Waals surface area contributed by atoms with Gasteiger partial charge in [0.2, 0.25) is 0 Å². The normalized spacial score (nSPS) is 18.8. The summed E-state index contributed by atoms with van der Waals surface area (Å²) >= 11 is 0.960. The molecular weight excluding hydrogens is 408 g/mol.